The van der Waals surface area contributed by atoms with E-state index in [1.54, 1.807) is 0 Å². The van der Waals surface area contributed by atoms with E-state index in [2.05, 4.69) is 20.3 Å². The molecule has 12 heteroatoms. The lowest BCUT2D eigenvalue weighted by Gasteiger charge is -2.12. The lowest BCUT2D eigenvalue weighted by molar-refractivity contribution is -0.140. The van der Waals surface area contributed by atoms with Gasteiger partial charge in [-0.2, -0.15) is 13.2 Å². The lowest BCUT2D eigenvalue weighted by atomic mass is 10.1. The summed E-state index contributed by atoms with van der Waals surface area (Å²) in [5, 5.41) is 11.8. The molecule has 3 N–H and O–H groups in total. The van der Waals surface area contributed by atoms with E-state index in [-0.39, 0.29) is 34.1 Å². The van der Waals surface area contributed by atoms with Crippen LogP contribution in [0.25, 0.3) is 28.2 Å². The number of halogens is 4. The fourth-order valence-electron chi connectivity index (χ4n) is 3.03. The third-order valence-electron chi connectivity index (χ3n) is 4.34. The first-order valence-electron chi connectivity index (χ1n) is 8.52. The topological polar surface area (TPSA) is 113 Å². The standard InChI is InChI=1S/C19H10F4N5O3/c20-13-11(19(21,22)23)5-2-6-12(13)28-17-14(25-18(28)31)16(24-8-29)26-15(27-17)9-3-1-4-10(30)7-9/h1-7,30H,(H,25,31)(H,24,26,27,29). The van der Waals surface area contributed by atoms with Crippen LogP contribution in [0.5, 0.6) is 5.75 Å². The summed E-state index contributed by atoms with van der Waals surface area (Å²) in [5.74, 6) is -2.12. The summed E-state index contributed by atoms with van der Waals surface area (Å²) >= 11 is 0. The van der Waals surface area contributed by atoms with E-state index in [9.17, 15) is 32.3 Å². The highest BCUT2D eigenvalue weighted by molar-refractivity contribution is 5.91. The number of anilines is 1. The molecule has 2 heterocycles. The van der Waals surface area contributed by atoms with Gasteiger partial charge in [-0.05, 0) is 24.3 Å². The van der Waals surface area contributed by atoms with Crippen molar-refractivity contribution in [1.82, 2.24) is 19.5 Å². The fourth-order valence-corrected chi connectivity index (χ4v) is 3.03. The Morgan fingerprint density at radius 1 is 1.13 bits per heavy atom. The first-order valence-corrected chi connectivity index (χ1v) is 8.52. The van der Waals surface area contributed by atoms with Gasteiger partial charge < -0.3 is 15.4 Å². The molecule has 1 amide bonds. The molecule has 0 aliphatic carbocycles. The van der Waals surface area contributed by atoms with E-state index in [0.29, 0.717) is 10.6 Å². The highest BCUT2D eigenvalue weighted by Crippen LogP contribution is 2.34. The number of hydrogen-bond donors (Lipinski definition) is 3. The number of aromatic amines is 1. The molecular weight excluding hydrogens is 422 g/mol. The molecule has 2 aromatic heterocycles. The number of phenols is 1. The maximum atomic E-state index is 14.7. The number of aromatic nitrogens is 4. The Hall–Kier alpha value is -4.22. The minimum Gasteiger partial charge on any atom is -0.508 e. The Kier molecular flexibility index (Phi) is 4.68. The fraction of sp³-hybridized carbons (Fsp3) is 0.0526. The smallest absolute Gasteiger partial charge is 0.419 e. The largest absolute Gasteiger partial charge is 0.508 e. The van der Waals surface area contributed by atoms with Gasteiger partial charge in [0.05, 0.1) is 11.3 Å². The van der Waals surface area contributed by atoms with Crippen molar-refractivity contribution in [2.75, 3.05) is 5.32 Å². The number of benzene rings is 2. The summed E-state index contributed by atoms with van der Waals surface area (Å²) in [6.45, 7) is 0. The van der Waals surface area contributed by atoms with Gasteiger partial charge in [-0.25, -0.2) is 23.7 Å². The highest BCUT2D eigenvalue weighted by Gasteiger charge is 2.35. The van der Waals surface area contributed by atoms with Crippen molar-refractivity contribution in [2.45, 2.75) is 6.18 Å². The maximum Gasteiger partial charge on any atom is 0.419 e. The second-order valence-corrected chi connectivity index (χ2v) is 6.27. The summed E-state index contributed by atoms with van der Waals surface area (Å²) in [7, 11) is 0. The van der Waals surface area contributed by atoms with Gasteiger partial charge in [-0.15, -0.1) is 0 Å². The molecule has 8 nitrogen and oxygen atoms in total. The first-order chi connectivity index (χ1) is 14.7. The molecule has 2 aromatic carbocycles. The molecule has 0 atom stereocenters. The summed E-state index contributed by atoms with van der Waals surface area (Å²) in [6.07, 6.45) is -3.61. The van der Waals surface area contributed by atoms with Crippen molar-refractivity contribution < 1.29 is 27.5 Å². The van der Waals surface area contributed by atoms with Crippen LogP contribution in [0.4, 0.5) is 23.4 Å². The van der Waals surface area contributed by atoms with E-state index < -0.39 is 28.9 Å². The number of hydrogen-bond acceptors (Lipinski definition) is 5. The summed E-state index contributed by atoms with van der Waals surface area (Å²) in [4.78, 5) is 33.9. The molecule has 0 bridgehead atoms. The average molecular weight is 432 g/mol. The van der Waals surface area contributed by atoms with Crippen LogP contribution in [0, 0.1) is 5.82 Å². The van der Waals surface area contributed by atoms with Crippen molar-refractivity contribution in [3.8, 4) is 22.8 Å². The van der Waals surface area contributed by atoms with Crippen molar-refractivity contribution in [3.05, 3.63) is 64.3 Å². The molecule has 0 spiro atoms. The maximum absolute atomic E-state index is 14.7. The Balaban J connectivity index is 2.05. The number of amides is 1. The number of nitrogens with one attached hydrogen (secondary N) is 2. The molecule has 157 valence electrons. The highest BCUT2D eigenvalue weighted by atomic mass is 19.4. The Bertz CT molecular complexity index is 1380. The predicted molar refractivity (Wildman–Crippen MR) is 101 cm³/mol. The Morgan fingerprint density at radius 3 is 2.55 bits per heavy atom. The number of aromatic hydroxyl groups is 1. The van der Waals surface area contributed by atoms with Crippen LogP contribution in [0.2, 0.25) is 0 Å². The second-order valence-electron chi connectivity index (χ2n) is 6.27. The van der Waals surface area contributed by atoms with Crippen LogP contribution < -0.4 is 11.0 Å². The van der Waals surface area contributed by atoms with Crippen LogP contribution in [0.1, 0.15) is 5.56 Å². The number of fused-ring (bicyclic) bond motifs is 1. The van der Waals surface area contributed by atoms with Gasteiger partial charge in [0.25, 0.3) is 0 Å². The zero-order chi connectivity index (χ0) is 22.3. The molecule has 0 aliphatic heterocycles. The van der Waals surface area contributed by atoms with Gasteiger partial charge >= 0.3 is 18.3 Å². The van der Waals surface area contributed by atoms with Gasteiger partial charge in [-0.3, -0.25) is 4.79 Å². The monoisotopic (exact) mass is 432 g/mol. The number of carbonyl (C=O) groups excluding carboxylic acids is 1. The van der Waals surface area contributed by atoms with Gasteiger partial charge in [0.1, 0.15) is 11.3 Å². The molecule has 31 heavy (non-hydrogen) atoms. The Morgan fingerprint density at radius 2 is 1.87 bits per heavy atom. The predicted octanol–water partition coefficient (Wildman–Crippen LogP) is 3.12. The Labute approximate surface area is 169 Å². The molecule has 1 radical (unpaired) electrons. The third-order valence-corrected chi connectivity index (χ3v) is 4.34. The molecule has 0 unspecified atom stereocenters. The van der Waals surface area contributed by atoms with Crippen molar-refractivity contribution in [3.63, 3.8) is 0 Å². The number of H-pyrrole nitrogens is 1. The van der Waals surface area contributed by atoms with Crippen molar-refractivity contribution in [2.24, 2.45) is 0 Å². The van der Waals surface area contributed by atoms with Crippen molar-refractivity contribution in [1.29, 1.82) is 0 Å². The molecule has 4 rings (SSSR count). The lowest BCUT2D eigenvalue weighted by Crippen LogP contribution is -2.18. The normalized spacial score (nSPS) is 11.6. The second kappa shape index (κ2) is 7.23. The molecular formula is C19H10F4N5O3. The third kappa shape index (κ3) is 3.47. The zero-order valence-corrected chi connectivity index (χ0v) is 15.2. The van der Waals surface area contributed by atoms with E-state index >= 15 is 0 Å². The van der Waals surface area contributed by atoms with Crippen LogP contribution >= 0.6 is 0 Å². The first kappa shape index (κ1) is 20.1. The van der Waals surface area contributed by atoms with E-state index in [1.807, 2.05) is 0 Å². The van der Waals surface area contributed by atoms with Crippen molar-refractivity contribution >= 4 is 23.4 Å². The summed E-state index contributed by atoms with van der Waals surface area (Å²) < 4.78 is 54.7. The van der Waals surface area contributed by atoms with Gasteiger partial charge in [0.2, 0.25) is 0 Å². The van der Waals surface area contributed by atoms with E-state index in [1.165, 1.54) is 30.7 Å². The number of phenolic OH excluding ortho intramolecular Hbond substituents is 1. The van der Waals surface area contributed by atoms with Gasteiger partial charge in [-0.1, -0.05) is 18.2 Å². The number of nitrogens with zero attached hydrogens (tertiary/aromatic N) is 3. The molecule has 0 saturated carbocycles. The molecule has 0 saturated heterocycles. The van der Waals surface area contributed by atoms with Crippen LogP contribution in [-0.4, -0.2) is 31.0 Å². The number of rotatable bonds is 4. The van der Waals surface area contributed by atoms with Crippen LogP contribution in [-0.2, 0) is 11.0 Å². The SMILES string of the molecule is O=[C]Nc1nc(-c2cccc(O)c2)nc2c1[nH]c(=O)n2-c1cccc(C(F)(F)F)c1F. The van der Waals surface area contributed by atoms with E-state index in [4.69, 9.17) is 0 Å². The quantitative estimate of drug-likeness (QED) is 0.339. The molecule has 0 aliphatic rings. The van der Waals surface area contributed by atoms with Gasteiger partial charge in [0, 0.05) is 5.56 Å². The summed E-state index contributed by atoms with van der Waals surface area (Å²) in [5.41, 5.74) is -3.46. The number of imidazole rings is 1. The zero-order valence-electron chi connectivity index (χ0n) is 15.2. The van der Waals surface area contributed by atoms with Crippen LogP contribution in [0.3, 0.4) is 0 Å². The minimum absolute atomic E-state index is 0.0960. The minimum atomic E-state index is -4.99. The molecule has 0 fully saturated rings. The average Bonchev–Trinajstić information content (AvgIpc) is 3.03. The van der Waals surface area contributed by atoms with E-state index in [0.717, 1.165) is 12.1 Å². The van der Waals surface area contributed by atoms with Gasteiger partial charge in [0.15, 0.2) is 23.1 Å². The summed E-state index contributed by atoms with van der Waals surface area (Å²) in [6, 6.07) is 8.12. The molecule has 4 aromatic rings. The number of alkyl halides is 3. The van der Waals surface area contributed by atoms with Crippen LogP contribution in [0.15, 0.2) is 47.3 Å².